The molecule has 234 valence electrons. The number of fused-ring (bicyclic) bond motifs is 2. The highest BCUT2D eigenvalue weighted by Gasteiger charge is 2.24. The van der Waals surface area contributed by atoms with Gasteiger partial charge in [0.15, 0.2) is 12.2 Å². The second-order valence-corrected chi connectivity index (χ2v) is 12.7. The van der Waals surface area contributed by atoms with Crippen LogP contribution in [0.25, 0.3) is 0 Å². The van der Waals surface area contributed by atoms with Gasteiger partial charge in [0.05, 0.1) is 11.8 Å². The van der Waals surface area contributed by atoms with Gasteiger partial charge in [0.1, 0.15) is 12.4 Å². The van der Waals surface area contributed by atoms with E-state index in [2.05, 4.69) is 44.1 Å². The lowest BCUT2D eigenvalue weighted by atomic mass is 9.94. The fraction of sp³-hybridized carbons (Fsp3) is 0.343. The molecule has 0 fully saturated rings. The minimum atomic E-state index is -0.694. The van der Waals surface area contributed by atoms with Crippen molar-refractivity contribution in [3.8, 4) is 5.75 Å². The molecule has 4 aromatic rings. The molecule has 0 saturated heterocycles. The van der Waals surface area contributed by atoms with E-state index >= 15 is 0 Å². The van der Waals surface area contributed by atoms with Crippen LogP contribution in [0, 0.1) is 13.8 Å². The lowest BCUT2D eigenvalue weighted by Crippen LogP contribution is -2.42. The van der Waals surface area contributed by atoms with Gasteiger partial charge in [-0.3, -0.25) is 14.5 Å². The number of aliphatic hydroxyl groups is 1. The normalized spacial score (nSPS) is 15.2. The summed E-state index contributed by atoms with van der Waals surface area (Å²) < 4.78 is 12.4. The third-order valence-electron chi connectivity index (χ3n) is 8.75. The van der Waals surface area contributed by atoms with Crippen molar-refractivity contribution in [2.24, 2.45) is 0 Å². The van der Waals surface area contributed by atoms with Crippen LogP contribution in [0.5, 0.6) is 5.75 Å². The minimum absolute atomic E-state index is 0.00388. The van der Waals surface area contributed by atoms with E-state index in [1.165, 1.54) is 17.5 Å². The van der Waals surface area contributed by atoms with Gasteiger partial charge in [-0.1, -0.05) is 28.1 Å². The van der Waals surface area contributed by atoms with Gasteiger partial charge in [-0.2, -0.15) is 0 Å². The average molecular weight is 674 g/mol. The summed E-state index contributed by atoms with van der Waals surface area (Å²) in [5, 5.41) is 13.7. The molecular weight excluding hydrogens is 636 g/mol. The van der Waals surface area contributed by atoms with E-state index in [4.69, 9.17) is 9.15 Å². The maximum absolute atomic E-state index is 13.0. The molecule has 0 saturated carbocycles. The molecule has 0 radical (unpaired) electrons. The van der Waals surface area contributed by atoms with Gasteiger partial charge in [-0.15, -0.1) is 0 Å². The van der Waals surface area contributed by atoms with Crippen molar-refractivity contribution in [1.82, 2.24) is 20.1 Å². The molecule has 2 amide bonds. The zero-order valence-electron chi connectivity index (χ0n) is 25.5. The van der Waals surface area contributed by atoms with Crippen molar-refractivity contribution in [2.75, 3.05) is 26.2 Å². The molecule has 2 N–H and O–H groups in total. The second-order valence-electron chi connectivity index (χ2n) is 11.8. The first-order chi connectivity index (χ1) is 21.7. The molecule has 0 aliphatic carbocycles. The Labute approximate surface area is 271 Å². The number of aryl methyl sites for hydroxylation is 1. The summed E-state index contributed by atoms with van der Waals surface area (Å²) in [6, 6.07) is 17.1. The second kappa shape index (κ2) is 13.6. The fourth-order valence-corrected chi connectivity index (χ4v) is 6.38. The van der Waals surface area contributed by atoms with E-state index in [1.54, 1.807) is 6.07 Å². The van der Waals surface area contributed by atoms with Crippen molar-refractivity contribution in [3.63, 3.8) is 0 Å². The van der Waals surface area contributed by atoms with Gasteiger partial charge < -0.3 is 24.5 Å². The van der Waals surface area contributed by atoms with Crippen molar-refractivity contribution in [3.05, 3.63) is 116 Å². The SMILES string of the molecule is Cc1ncoc1COc1ccc2c(c1C)CCN(C[C@@H](O)CNC(=O)c1ccc3c(c1)CCN(C(=O)c1ccc(Br)cc1)C3)C2. The van der Waals surface area contributed by atoms with Gasteiger partial charge >= 0.3 is 0 Å². The van der Waals surface area contributed by atoms with Gasteiger partial charge in [-0.25, -0.2) is 4.98 Å². The number of aliphatic hydroxyl groups excluding tert-OH is 1. The summed E-state index contributed by atoms with van der Waals surface area (Å²) in [4.78, 5) is 34.1. The van der Waals surface area contributed by atoms with E-state index in [0.29, 0.717) is 43.8 Å². The summed E-state index contributed by atoms with van der Waals surface area (Å²) >= 11 is 3.41. The molecule has 3 heterocycles. The third-order valence-corrected chi connectivity index (χ3v) is 9.28. The van der Waals surface area contributed by atoms with Gasteiger partial charge in [0.25, 0.3) is 11.8 Å². The Morgan fingerprint density at radius 3 is 2.56 bits per heavy atom. The molecule has 2 aliphatic rings. The Hall–Kier alpha value is -3.99. The number of rotatable bonds is 9. The van der Waals surface area contributed by atoms with Crippen LogP contribution in [-0.4, -0.2) is 64.0 Å². The highest BCUT2D eigenvalue weighted by Crippen LogP contribution is 2.30. The van der Waals surface area contributed by atoms with Crippen LogP contribution in [0.2, 0.25) is 0 Å². The number of nitrogens with one attached hydrogen (secondary N) is 1. The quantitative estimate of drug-likeness (QED) is 0.258. The van der Waals surface area contributed by atoms with E-state index < -0.39 is 6.10 Å². The summed E-state index contributed by atoms with van der Waals surface area (Å²) in [6.07, 6.45) is 2.29. The molecular formula is C35H37BrN4O5. The summed E-state index contributed by atoms with van der Waals surface area (Å²) in [5.74, 6) is 1.36. The summed E-state index contributed by atoms with van der Waals surface area (Å²) in [6.45, 7) is 7.62. The van der Waals surface area contributed by atoms with Crippen LogP contribution in [0.3, 0.4) is 0 Å². The average Bonchev–Trinajstić information content (AvgIpc) is 3.47. The lowest BCUT2D eigenvalue weighted by molar-refractivity contribution is 0.0734. The largest absolute Gasteiger partial charge is 0.485 e. The van der Waals surface area contributed by atoms with Crippen molar-refractivity contribution >= 4 is 27.7 Å². The Kier molecular flexibility index (Phi) is 9.34. The third kappa shape index (κ3) is 7.13. The number of oxazole rings is 1. The van der Waals surface area contributed by atoms with E-state index in [9.17, 15) is 14.7 Å². The monoisotopic (exact) mass is 672 g/mol. The van der Waals surface area contributed by atoms with E-state index in [0.717, 1.165) is 57.9 Å². The molecule has 6 rings (SSSR count). The predicted molar refractivity (Wildman–Crippen MR) is 173 cm³/mol. The number of carbonyl (C=O) groups excluding carboxylic acids is 2. The molecule has 0 spiro atoms. The number of halogens is 1. The Bertz CT molecular complexity index is 1700. The number of ether oxygens (including phenoxy) is 1. The number of nitrogens with zero attached hydrogens (tertiary/aromatic N) is 3. The van der Waals surface area contributed by atoms with Crippen LogP contribution in [0.1, 0.15) is 60.0 Å². The minimum Gasteiger partial charge on any atom is -0.485 e. The van der Waals surface area contributed by atoms with Crippen molar-refractivity contribution < 1.29 is 23.8 Å². The number of carbonyl (C=O) groups is 2. The van der Waals surface area contributed by atoms with Gasteiger partial charge in [0.2, 0.25) is 0 Å². The number of benzene rings is 3. The molecule has 0 unspecified atom stereocenters. The summed E-state index contributed by atoms with van der Waals surface area (Å²) in [5.41, 5.74) is 7.82. The predicted octanol–water partition coefficient (Wildman–Crippen LogP) is 4.98. The maximum atomic E-state index is 13.0. The van der Waals surface area contributed by atoms with Gasteiger partial charge in [0, 0.05) is 54.9 Å². The Morgan fingerprint density at radius 2 is 1.78 bits per heavy atom. The molecule has 9 nitrogen and oxygen atoms in total. The standard InChI is InChI=1S/C35H37BrN4O5/c1-22-31-12-13-39(17-28(31)7-10-32(22)44-20-33-23(2)38-21-45-33)19-30(41)16-37-34(42)26-3-4-27-18-40(14-11-25(27)15-26)35(43)24-5-8-29(36)9-6-24/h3-10,15,21,30,41H,11-14,16-20H2,1-2H3,(H,37,42)/t30-/m0/s1. The Balaban J connectivity index is 0.981. The van der Waals surface area contributed by atoms with Crippen LogP contribution < -0.4 is 10.1 Å². The smallest absolute Gasteiger partial charge is 0.254 e. The van der Waals surface area contributed by atoms with Crippen molar-refractivity contribution in [1.29, 1.82) is 0 Å². The number of β-amino-alcohol motifs (C(OH)–C–C–N with tert-alkyl or cyclic N) is 1. The maximum Gasteiger partial charge on any atom is 0.254 e. The van der Waals surface area contributed by atoms with Gasteiger partial charge in [-0.05, 0) is 97.0 Å². The van der Waals surface area contributed by atoms with E-state index in [1.807, 2.05) is 54.3 Å². The molecule has 2 aliphatic heterocycles. The molecule has 0 bridgehead atoms. The number of hydrogen-bond acceptors (Lipinski definition) is 7. The van der Waals surface area contributed by atoms with Crippen molar-refractivity contribution in [2.45, 2.75) is 52.5 Å². The van der Waals surface area contributed by atoms with Crippen LogP contribution in [0.15, 0.2) is 69.9 Å². The first kappa shape index (κ1) is 31.0. The van der Waals surface area contributed by atoms with Crippen LogP contribution in [0.4, 0.5) is 0 Å². The van der Waals surface area contributed by atoms with Crippen LogP contribution >= 0.6 is 15.9 Å². The number of aromatic nitrogens is 1. The molecule has 3 aromatic carbocycles. The number of hydrogen-bond donors (Lipinski definition) is 2. The zero-order valence-corrected chi connectivity index (χ0v) is 27.1. The first-order valence-corrected chi connectivity index (χ1v) is 16.0. The van der Waals surface area contributed by atoms with Crippen LogP contribution in [-0.2, 0) is 32.5 Å². The lowest BCUT2D eigenvalue weighted by Gasteiger charge is -2.31. The molecule has 1 atom stereocenters. The zero-order chi connectivity index (χ0) is 31.5. The number of amides is 2. The molecule has 45 heavy (non-hydrogen) atoms. The topological polar surface area (TPSA) is 108 Å². The highest BCUT2D eigenvalue weighted by atomic mass is 79.9. The molecule has 10 heteroatoms. The van der Waals surface area contributed by atoms with E-state index in [-0.39, 0.29) is 18.4 Å². The highest BCUT2D eigenvalue weighted by molar-refractivity contribution is 9.10. The first-order valence-electron chi connectivity index (χ1n) is 15.2. The fourth-order valence-electron chi connectivity index (χ4n) is 6.12. The summed E-state index contributed by atoms with van der Waals surface area (Å²) in [7, 11) is 0. The molecule has 1 aromatic heterocycles. The Morgan fingerprint density at radius 1 is 1.00 bits per heavy atom.